The molecule has 0 saturated heterocycles. The van der Waals surface area contributed by atoms with Gasteiger partial charge in [0.05, 0.1) is 26.1 Å². The Kier molecular flexibility index (Phi) is 6.12. The van der Waals surface area contributed by atoms with Crippen LogP contribution >= 0.6 is 0 Å². The molecule has 0 N–H and O–H groups in total. The molecular formula is C11H17BrN2O3. The highest BCUT2D eigenvalue weighted by molar-refractivity contribution is 5.45. The summed E-state index contributed by atoms with van der Waals surface area (Å²) in [5.74, 6) is 0.334. The van der Waals surface area contributed by atoms with Gasteiger partial charge in [-0.3, -0.25) is 10.1 Å². The number of nitro groups is 1. The maximum absolute atomic E-state index is 10.7. The number of benzene rings is 1. The minimum atomic E-state index is -0.429. The molecule has 0 unspecified atom stereocenters. The summed E-state index contributed by atoms with van der Waals surface area (Å²) in [6, 6.07) is 6.42. The molecule has 96 valence electrons. The van der Waals surface area contributed by atoms with Gasteiger partial charge in [0.2, 0.25) is 0 Å². The summed E-state index contributed by atoms with van der Waals surface area (Å²) in [5, 5.41) is 10.7. The van der Waals surface area contributed by atoms with Crippen LogP contribution in [-0.4, -0.2) is 43.7 Å². The predicted octanol–water partition coefficient (Wildman–Crippen LogP) is -1.32. The number of rotatable bonds is 5. The van der Waals surface area contributed by atoms with Crippen LogP contribution in [0, 0.1) is 10.1 Å². The Hall–Kier alpha value is -1.14. The summed E-state index contributed by atoms with van der Waals surface area (Å²) >= 11 is 0. The first kappa shape index (κ1) is 15.9. The number of nitro benzene ring substituents is 1. The van der Waals surface area contributed by atoms with E-state index in [2.05, 4.69) is 0 Å². The Labute approximate surface area is 112 Å². The quantitative estimate of drug-likeness (QED) is 0.385. The lowest BCUT2D eigenvalue weighted by atomic mass is 10.3. The van der Waals surface area contributed by atoms with Crippen molar-refractivity contribution in [3.05, 3.63) is 34.4 Å². The summed E-state index contributed by atoms with van der Waals surface area (Å²) in [7, 11) is 6.13. The average molecular weight is 305 g/mol. The van der Waals surface area contributed by atoms with Crippen molar-refractivity contribution in [3.63, 3.8) is 0 Å². The third-order valence-corrected chi connectivity index (χ3v) is 2.08. The zero-order valence-electron chi connectivity index (χ0n) is 10.2. The number of para-hydroxylation sites is 2. The van der Waals surface area contributed by atoms with Gasteiger partial charge >= 0.3 is 5.69 Å². The van der Waals surface area contributed by atoms with Crippen LogP contribution in [0.3, 0.4) is 0 Å². The van der Waals surface area contributed by atoms with Crippen molar-refractivity contribution >= 4 is 5.69 Å². The van der Waals surface area contributed by atoms with Gasteiger partial charge in [0.1, 0.15) is 13.2 Å². The zero-order chi connectivity index (χ0) is 12.2. The minimum absolute atomic E-state index is 0. The molecule has 0 amide bonds. The highest BCUT2D eigenvalue weighted by Crippen LogP contribution is 2.25. The molecule has 1 aromatic carbocycles. The molecule has 0 spiro atoms. The number of quaternary nitrogens is 1. The van der Waals surface area contributed by atoms with E-state index in [4.69, 9.17) is 4.74 Å². The number of hydrogen-bond donors (Lipinski definition) is 0. The van der Waals surface area contributed by atoms with Crippen LogP contribution in [0.15, 0.2) is 24.3 Å². The number of hydrogen-bond acceptors (Lipinski definition) is 3. The molecule has 0 aromatic heterocycles. The molecule has 1 aromatic rings. The predicted molar refractivity (Wildman–Crippen MR) is 61.5 cm³/mol. The summed E-state index contributed by atoms with van der Waals surface area (Å²) in [4.78, 5) is 10.3. The molecule has 5 nitrogen and oxygen atoms in total. The van der Waals surface area contributed by atoms with E-state index < -0.39 is 4.92 Å². The molecule has 6 heteroatoms. The molecule has 0 radical (unpaired) electrons. The zero-order valence-corrected chi connectivity index (χ0v) is 11.8. The van der Waals surface area contributed by atoms with Crippen LogP contribution in [0.5, 0.6) is 5.75 Å². The number of ether oxygens (including phenoxy) is 1. The number of halogens is 1. The molecule has 0 heterocycles. The summed E-state index contributed by atoms with van der Waals surface area (Å²) in [5.41, 5.74) is 0.0175. The lowest BCUT2D eigenvalue weighted by molar-refractivity contribution is -0.870. The van der Waals surface area contributed by atoms with Gasteiger partial charge in [-0.2, -0.15) is 0 Å². The fourth-order valence-electron chi connectivity index (χ4n) is 1.16. The Bertz CT molecular complexity index is 377. The molecule has 0 saturated carbocycles. The molecule has 0 fully saturated rings. The molecule has 0 aliphatic carbocycles. The molecule has 17 heavy (non-hydrogen) atoms. The number of likely N-dealkylation sites (N-methyl/N-ethyl adjacent to an activating group) is 1. The van der Waals surface area contributed by atoms with Crippen LogP contribution in [0.1, 0.15) is 0 Å². The molecule has 0 aliphatic rings. The first-order chi connectivity index (χ1) is 7.40. The minimum Gasteiger partial charge on any atom is -1.00 e. The van der Waals surface area contributed by atoms with E-state index in [1.165, 1.54) is 6.07 Å². The van der Waals surface area contributed by atoms with Crippen molar-refractivity contribution in [1.29, 1.82) is 0 Å². The van der Waals surface area contributed by atoms with Crippen LogP contribution < -0.4 is 21.7 Å². The van der Waals surface area contributed by atoms with E-state index in [9.17, 15) is 10.1 Å². The van der Waals surface area contributed by atoms with Gasteiger partial charge in [0.15, 0.2) is 5.75 Å². The van der Waals surface area contributed by atoms with Gasteiger partial charge in [-0.1, -0.05) is 12.1 Å². The van der Waals surface area contributed by atoms with Crippen LogP contribution in [0.4, 0.5) is 5.69 Å². The second kappa shape index (κ2) is 6.56. The van der Waals surface area contributed by atoms with E-state index in [-0.39, 0.29) is 22.7 Å². The first-order valence-corrected chi connectivity index (χ1v) is 5.07. The highest BCUT2D eigenvalue weighted by Gasteiger charge is 2.14. The topological polar surface area (TPSA) is 52.4 Å². The van der Waals surface area contributed by atoms with Gasteiger partial charge in [0, 0.05) is 6.07 Å². The summed E-state index contributed by atoms with van der Waals surface area (Å²) in [6.45, 7) is 1.26. The third kappa shape index (κ3) is 5.65. The van der Waals surface area contributed by atoms with E-state index >= 15 is 0 Å². The normalized spacial score (nSPS) is 10.5. The molecule has 0 bridgehead atoms. The summed E-state index contributed by atoms with van der Waals surface area (Å²) in [6.07, 6.45) is 0. The standard InChI is InChI=1S/C11H17N2O3.BrH/c1-13(2,3)8-9-16-11-7-5-4-6-10(11)12(14)15;/h4-7H,8-9H2,1-3H3;1H/q+1;/p-1. The van der Waals surface area contributed by atoms with E-state index in [1.54, 1.807) is 18.2 Å². The Morgan fingerprint density at radius 3 is 2.41 bits per heavy atom. The van der Waals surface area contributed by atoms with Gasteiger partial charge in [-0.25, -0.2) is 0 Å². The van der Waals surface area contributed by atoms with Crippen LogP contribution in [-0.2, 0) is 0 Å². The molecule has 0 atom stereocenters. The van der Waals surface area contributed by atoms with Crippen molar-refractivity contribution in [2.45, 2.75) is 0 Å². The second-order valence-corrected chi connectivity index (χ2v) is 4.59. The van der Waals surface area contributed by atoms with Gasteiger partial charge in [0.25, 0.3) is 0 Å². The SMILES string of the molecule is C[N+](C)(C)CCOc1ccccc1[N+](=O)[O-].[Br-]. The first-order valence-electron chi connectivity index (χ1n) is 5.07. The maximum atomic E-state index is 10.7. The van der Waals surface area contributed by atoms with Crippen molar-refractivity contribution in [2.24, 2.45) is 0 Å². The Morgan fingerprint density at radius 1 is 1.29 bits per heavy atom. The Morgan fingerprint density at radius 2 is 1.88 bits per heavy atom. The second-order valence-electron chi connectivity index (χ2n) is 4.59. The van der Waals surface area contributed by atoms with Crippen molar-refractivity contribution in [3.8, 4) is 5.75 Å². The third-order valence-electron chi connectivity index (χ3n) is 2.08. The molecule has 1 rings (SSSR count). The van der Waals surface area contributed by atoms with Gasteiger partial charge in [-0.15, -0.1) is 0 Å². The van der Waals surface area contributed by atoms with E-state index in [0.717, 1.165) is 11.0 Å². The fraction of sp³-hybridized carbons (Fsp3) is 0.455. The van der Waals surface area contributed by atoms with Crippen molar-refractivity contribution in [1.82, 2.24) is 0 Å². The van der Waals surface area contributed by atoms with Crippen molar-refractivity contribution in [2.75, 3.05) is 34.3 Å². The maximum Gasteiger partial charge on any atom is 0.310 e. The van der Waals surface area contributed by atoms with Gasteiger partial charge < -0.3 is 26.2 Å². The summed E-state index contributed by atoms with van der Waals surface area (Å²) < 4.78 is 6.18. The molecule has 0 aliphatic heterocycles. The Balaban J connectivity index is 0.00000256. The van der Waals surface area contributed by atoms with Crippen LogP contribution in [0.25, 0.3) is 0 Å². The van der Waals surface area contributed by atoms with E-state index in [0.29, 0.717) is 12.4 Å². The van der Waals surface area contributed by atoms with Crippen molar-refractivity contribution < 1.29 is 31.1 Å². The highest BCUT2D eigenvalue weighted by atomic mass is 79.9. The van der Waals surface area contributed by atoms with E-state index in [1.807, 2.05) is 21.1 Å². The van der Waals surface area contributed by atoms with Crippen LogP contribution in [0.2, 0.25) is 0 Å². The monoisotopic (exact) mass is 304 g/mol. The molecular weight excluding hydrogens is 288 g/mol. The average Bonchev–Trinajstić information content (AvgIpc) is 2.16. The fourth-order valence-corrected chi connectivity index (χ4v) is 1.16. The lowest BCUT2D eigenvalue weighted by Gasteiger charge is -2.23. The smallest absolute Gasteiger partial charge is 0.310 e. The van der Waals surface area contributed by atoms with Gasteiger partial charge in [-0.05, 0) is 6.07 Å². The lowest BCUT2D eigenvalue weighted by Crippen LogP contribution is -3.00. The largest absolute Gasteiger partial charge is 1.00 e. The number of nitrogens with zero attached hydrogens (tertiary/aromatic N) is 2.